The standard InChI is InChI=1S/C34H29ClF9NO2/c35-30-24(14-7-17-27(30)32(36,37)38)20-28(29(22-10-3-1-4-11-22)23-12-5-2-6-13-23)45-18-9-19-47-26-16-8-15-25(21-26)31(46,33(39,40)41)34(42,43)44/h1-8,10-17,21,28-29,45-46H,9,18-20H2. The van der Waals surface area contributed by atoms with Crippen molar-refractivity contribution in [2.45, 2.75) is 48.9 Å². The minimum absolute atomic E-state index is 0.0770. The lowest BCUT2D eigenvalue weighted by molar-refractivity contribution is -0.376. The van der Waals surface area contributed by atoms with Gasteiger partial charge in [0.05, 0.1) is 17.2 Å². The monoisotopic (exact) mass is 689 g/mol. The summed E-state index contributed by atoms with van der Waals surface area (Å²) < 4.78 is 126. The minimum atomic E-state index is -6.04. The first-order valence-corrected chi connectivity index (χ1v) is 14.7. The van der Waals surface area contributed by atoms with Crippen LogP contribution in [0.4, 0.5) is 39.5 Å². The molecule has 252 valence electrons. The van der Waals surface area contributed by atoms with Crippen LogP contribution in [0.2, 0.25) is 5.02 Å². The van der Waals surface area contributed by atoms with Crippen molar-refractivity contribution in [1.82, 2.24) is 5.32 Å². The van der Waals surface area contributed by atoms with Gasteiger partial charge < -0.3 is 15.2 Å². The van der Waals surface area contributed by atoms with Gasteiger partial charge in [0.25, 0.3) is 5.60 Å². The fourth-order valence-electron chi connectivity index (χ4n) is 5.33. The van der Waals surface area contributed by atoms with Gasteiger partial charge in [-0.15, -0.1) is 0 Å². The average Bonchev–Trinajstić information content (AvgIpc) is 3.01. The van der Waals surface area contributed by atoms with Crippen LogP contribution >= 0.6 is 11.6 Å². The third-order valence-electron chi connectivity index (χ3n) is 7.61. The van der Waals surface area contributed by atoms with E-state index in [4.69, 9.17) is 16.3 Å². The Labute approximate surface area is 270 Å². The first-order chi connectivity index (χ1) is 22.0. The topological polar surface area (TPSA) is 41.5 Å². The highest BCUT2D eigenvalue weighted by molar-refractivity contribution is 6.32. The normalized spacial score (nSPS) is 13.5. The maximum absolute atomic E-state index is 13.6. The van der Waals surface area contributed by atoms with Crippen LogP contribution in [-0.2, 0) is 18.2 Å². The van der Waals surface area contributed by atoms with Gasteiger partial charge in [-0.2, -0.15) is 39.5 Å². The molecule has 3 nitrogen and oxygen atoms in total. The lowest BCUT2D eigenvalue weighted by atomic mass is 9.82. The summed E-state index contributed by atoms with van der Waals surface area (Å²) in [5.74, 6) is -0.684. The third-order valence-corrected chi connectivity index (χ3v) is 8.06. The van der Waals surface area contributed by atoms with Gasteiger partial charge >= 0.3 is 18.5 Å². The second-order valence-corrected chi connectivity index (χ2v) is 11.2. The molecule has 1 atom stereocenters. The van der Waals surface area contributed by atoms with E-state index in [-0.39, 0.29) is 43.2 Å². The molecular weight excluding hydrogens is 661 g/mol. The first-order valence-electron chi connectivity index (χ1n) is 14.3. The average molecular weight is 690 g/mol. The molecule has 0 aromatic heterocycles. The molecule has 0 saturated carbocycles. The lowest BCUT2D eigenvalue weighted by Crippen LogP contribution is -2.53. The smallest absolute Gasteiger partial charge is 0.430 e. The molecule has 0 bridgehead atoms. The van der Waals surface area contributed by atoms with E-state index in [9.17, 15) is 44.6 Å². The van der Waals surface area contributed by atoms with Crippen LogP contribution in [-0.4, -0.2) is 36.7 Å². The van der Waals surface area contributed by atoms with Crippen LogP contribution in [0.3, 0.4) is 0 Å². The largest absolute Gasteiger partial charge is 0.494 e. The number of halogens is 10. The summed E-state index contributed by atoms with van der Waals surface area (Å²) in [5.41, 5.74) is -5.51. The van der Waals surface area contributed by atoms with Crippen molar-refractivity contribution in [1.29, 1.82) is 0 Å². The summed E-state index contributed by atoms with van der Waals surface area (Å²) >= 11 is 6.26. The van der Waals surface area contributed by atoms with Crippen LogP contribution < -0.4 is 10.1 Å². The summed E-state index contributed by atoms with van der Waals surface area (Å²) in [6.45, 7) is 0.0530. The summed E-state index contributed by atoms with van der Waals surface area (Å²) in [6.07, 6.45) is -16.5. The number of ether oxygens (including phenoxy) is 1. The highest BCUT2D eigenvalue weighted by atomic mass is 35.5. The number of nitrogens with one attached hydrogen (secondary N) is 1. The predicted octanol–water partition coefficient (Wildman–Crippen LogP) is 9.47. The zero-order valence-electron chi connectivity index (χ0n) is 24.4. The Morgan fingerprint density at radius 2 is 1.26 bits per heavy atom. The molecule has 0 fully saturated rings. The molecule has 4 aromatic rings. The number of benzene rings is 4. The molecule has 0 aliphatic carbocycles. The number of hydrogen-bond acceptors (Lipinski definition) is 3. The Hall–Kier alpha value is -3.74. The maximum Gasteiger partial charge on any atom is 0.430 e. The van der Waals surface area contributed by atoms with Gasteiger partial charge in [0, 0.05) is 17.5 Å². The zero-order chi connectivity index (χ0) is 34.5. The van der Waals surface area contributed by atoms with Crippen LogP contribution in [0.25, 0.3) is 0 Å². The highest BCUT2D eigenvalue weighted by Crippen LogP contribution is 2.50. The second kappa shape index (κ2) is 14.6. The molecule has 13 heteroatoms. The molecule has 2 N–H and O–H groups in total. The molecule has 4 rings (SSSR count). The Morgan fingerprint density at radius 1 is 0.702 bits per heavy atom. The fraction of sp³-hybridized carbons (Fsp3) is 0.294. The highest BCUT2D eigenvalue weighted by Gasteiger charge is 2.71. The molecule has 0 spiro atoms. The van der Waals surface area contributed by atoms with E-state index in [1.54, 1.807) is 0 Å². The number of aliphatic hydroxyl groups is 1. The molecular formula is C34H29ClF9NO2. The van der Waals surface area contributed by atoms with Crippen LogP contribution in [0.15, 0.2) is 103 Å². The molecule has 0 heterocycles. The van der Waals surface area contributed by atoms with Gasteiger partial charge in [-0.3, -0.25) is 0 Å². The summed E-state index contributed by atoms with van der Waals surface area (Å²) in [4.78, 5) is 0. The Morgan fingerprint density at radius 3 is 1.79 bits per heavy atom. The second-order valence-electron chi connectivity index (χ2n) is 10.8. The molecule has 0 aliphatic rings. The van der Waals surface area contributed by atoms with Crippen LogP contribution in [0, 0.1) is 0 Å². The third kappa shape index (κ3) is 8.41. The van der Waals surface area contributed by atoms with Crippen molar-refractivity contribution in [2.24, 2.45) is 0 Å². The number of alkyl halides is 9. The van der Waals surface area contributed by atoms with Crippen molar-refractivity contribution < 1.29 is 49.4 Å². The van der Waals surface area contributed by atoms with Crippen LogP contribution in [0.1, 0.15) is 40.2 Å². The van der Waals surface area contributed by atoms with Crippen molar-refractivity contribution in [3.8, 4) is 5.75 Å². The van der Waals surface area contributed by atoms with Gasteiger partial charge in [0.2, 0.25) is 0 Å². The van der Waals surface area contributed by atoms with Gasteiger partial charge in [-0.25, -0.2) is 0 Å². The first kappa shape index (κ1) is 36.1. The maximum atomic E-state index is 13.6. The van der Waals surface area contributed by atoms with E-state index in [0.29, 0.717) is 12.1 Å². The quantitative estimate of drug-likeness (QED) is 0.115. The Balaban J connectivity index is 1.56. The van der Waals surface area contributed by atoms with Gasteiger partial charge in [-0.05, 0) is 54.3 Å². The fourth-order valence-corrected chi connectivity index (χ4v) is 5.64. The van der Waals surface area contributed by atoms with Crippen molar-refractivity contribution in [2.75, 3.05) is 13.2 Å². The van der Waals surface area contributed by atoms with Crippen molar-refractivity contribution in [3.05, 3.63) is 136 Å². The lowest BCUT2D eigenvalue weighted by Gasteiger charge is -2.32. The molecule has 4 aromatic carbocycles. The Kier molecular flexibility index (Phi) is 11.2. The van der Waals surface area contributed by atoms with Gasteiger partial charge in [-0.1, -0.05) is 96.5 Å². The molecule has 0 aliphatic heterocycles. The zero-order valence-corrected chi connectivity index (χ0v) is 25.2. The molecule has 0 radical (unpaired) electrons. The summed E-state index contributed by atoms with van der Waals surface area (Å²) in [6, 6.07) is 24.8. The van der Waals surface area contributed by atoms with E-state index in [1.807, 2.05) is 60.7 Å². The van der Waals surface area contributed by atoms with Gasteiger partial charge in [0.1, 0.15) is 5.75 Å². The van der Waals surface area contributed by atoms with E-state index < -0.39 is 46.3 Å². The van der Waals surface area contributed by atoms with Crippen molar-refractivity contribution in [3.63, 3.8) is 0 Å². The van der Waals surface area contributed by atoms with E-state index in [0.717, 1.165) is 29.3 Å². The predicted molar refractivity (Wildman–Crippen MR) is 159 cm³/mol. The molecule has 1 unspecified atom stereocenters. The van der Waals surface area contributed by atoms with E-state index in [1.165, 1.54) is 12.1 Å². The Bertz CT molecular complexity index is 1540. The van der Waals surface area contributed by atoms with E-state index >= 15 is 0 Å². The van der Waals surface area contributed by atoms with E-state index in [2.05, 4.69) is 5.32 Å². The molecule has 0 saturated heterocycles. The summed E-state index contributed by atoms with van der Waals surface area (Å²) in [5, 5.41) is 12.6. The van der Waals surface area contributed by atoms with Gasteiger partial charge in [0.15, 0.2) is 0 Å². The molecule has 0 amide bonds. The SMILES string of the molecule is OC(c1cccc(OCCCNC(Cc2cccc(C(F)(F)F)c2Cl)C(c2ccccc2)c2ccccc2)c1)(C(F)(F)F)C(F)(F)F. The van der Waals surface area contributed by atoms with Crippen molar-refractivity contribution >= 4 is 11.6 Å². The summed E-state index contributed by atoms with van der Waals surface area (Å²) in [7, 11) is 0. The number of hydrogen-bond donors (Lipinski definition) is 2. The minimum Gasteiger partial charge on any atom is -0.494 e. The van der Waals surface area contributed by atoms with Crippen LogP contribution in [0.5, 0.6) is 5.75 Å². The number of rotatable bonds is 12. The molecule has 47 heavy (non-hydrogen) atoms.